The van der Waals surface area contributed by atoms with Gasteiger partial charge < -0.3 is 15.0 Å². The van der Waals surface area contributed by atoms with E-state index in [-0.39, 0.29) is 6.04 Å². The van der Waals surface area contributed by atoms with Crippen LogP contribution in [0.5, 0.6) is 5.75 Å². The number of aryl methyl sites for hydroxylation is 1. The molecular weight excluding hydrogens is 522 g/mol. The fourth-order valence-corrected chi connectivity index (χ4v) is 5.44. The van der Waals surface area contributed by atoms with Crippen molar-refractivity contribution in [3.05, 3.63) is 119 Å². The largest absolute Gasteiger partial charge is 0.497 e. The van der Waals surface area contributed by atoms with E-state index in [1.165, 1.54) is 0 Å². The third-order valence-electron chi connectivity index (χ3n) is 7.02. The minimum Gasteiger partial charge on any atom is -0.497 e. The zero-order valence-corrected chi connectivity index (χ0v) is 22.5. The van der Waals surface area contributed by atoms with Crippen molar-refractivity contribution in [2.24, 2.45) is 9.98 Å². The molecule has 1 N–H and O–H groups in total. The van der Waals surface area contributed by atoms with E-state index in [2.05, 4.69) is 27.3 Å². The summed E-state index contributed by atoms with van der Waals surface area (Å²) in [6.45, 7) is 2.01. The molecule has 1 atom stereocenters. The van der Waals surface area contributed by atoms with Crippen LogP contribution in [0.2, 0.25) is 5.02 Å². The number of amidine groups is 2. The number of nitrogens with one attached hydrogen (secondary N) is 1. The third kappa shape index (κ3) is 4.01. The number of pyridine rings is 1. The summed E-state index contributed by atoms with van der Waals surface area (Å²) in [4.78, 5) is 17.0. The Morgan fingerprint density at radius 2 is 1.73 bits per heavy atom. The number of hydrogen-bond acceptors (Lipinski definition) is 7. The Bertz CT molecular complexity index is 1790. The second kappa shape index (κ2) is 9.66. The van der Waals surface area contributed by atoms with Crippen LogP contribution in [0.1, 0.15) is 22.9 Å². The summed E-state index contributed by atoms with van der Waals surface area (Å²) in [5.74, 6) is 3.46. The van der Waals surface area contributed by atoms with Crippen LogP contribution >= 0.6 is 11.6 Å². The van der Waals surface area contributed by atoms with E-state index in [4.69, 9.17) is 31.4 Å². The molecule has 2 aliphatic rings. The lowest BCUT2D eigenvalue weighted by atomic mass is 9.93. The summed E-state index contributed by atoms with van der Waals surface area (Å²) in [7, 11) is 1.65. The highest BCUT2D eigenvalue weighted by atomic mass is 35.5. The van der Waals surface area contributed by atoms with Gasteiger partial charge >= 0.3 is 0 Å². The lowest BCUT2D eigenvalue weighted by Gasteiger charge is -2.40. The number of para-hydroxylation sites is 2. The van der Waals surface area contributed by atoms with E-state index in [0.29, 0.717) is 28.3 Å². The van der Waals surface area contributed by atoms with Gasteiger partial charge in [0.25, 0.3) is 0 Å². The molecule has 0 amide bonds. The Labute approximate surface area is 236 Å². The maximum absolute atomic E-state index is 6.54. The lowest BCUT2D eigenvalue weighted by Crippen LogP contribution is -2.46. The zero-order valence-electron chi connectivity index (χ0n) is 21.8. The molecule has 40 heavy (non-hydrogen) atoms. The number of methoxy groups -OCH3 is 1. The molecular formula is C31H24ClN7O. The van der Waals surface area contributed by atoms with E-state index >= 15 is 0 Å². The maximum atomic E-state index is 6.54. The van der Waals surface area contributed by atoms with Gasteiger partial charge in [0.2, 0.25) is 0 Å². The minimum atomic E-state index is -0.261. The van der Waals surface area contributed by atoms with Gasteiger partial charge in [0.05, 0.1) is 30.2 Å². The van der Waals surface area contributed by atoms with Gasteiger partial charge in [-0.2, -0.15) is 9.78 Å². The topological polar surface area (TPSA) is 79.9 Å². The quantitative estimate of drug-likeness (QED) is 0.262. The van der Waals surface area contributed by atoms with Crippen LogP contribution in [0.4, 0.5) is 22.9 Å². The van der Waals surface area contributed by atoms with Crippen LogP contribution in [-0.4, -0.2) is 33.5 Å². The van der Waals surface area contributed by atoms with Gasteiger partial charge in [0.1, 0.15) is 5.75 Å². The SMILES string of the molecule is COc1ccc(NC2=Nc3ccccc3N3C2=Nc2c(c(C)nn2-c2ccccn2)[C@H]3c2cccc(Cl)c2)cc1. The first-order chi connectivity index (χ1) is 19.6. The van der Waals surface area contributed by atoms with Crippen LogP contribution in [0.25, 0.3) is 5.82 Å². The molecule has 0 bridgehead atoms. The average Bonchev–Trinajstić information content (AvgIpc) is 3.33. The highest BCUT2D eigenvalue weighted by Gasteiger charge is 2.41. The summed E-state index contributed by atoms with van der Waals surface area (Å²) in [5, 5.41) is 9.08. The molecule has 0 aliphatic carbocycles. The number of ether oxygens (including phenoxy) is 1. The van der Waals surface area contributed by atoms with Crippen LogP contribution < -0.4 is 15.0 Å². The highest BCUT2D eigenvalue weighted by Crippen LogP contribution is 2.48. The number of halogens is 1. The van der Waals surface area contributed by atoms with Crippen molar-refractivity contribution < 1.29 is 4.74 Å². The predicted octanol–water partition coefficient (Wildman–Crippen LogP) is 7.03. The normalized spacial score (nSPS) is 15.4. The summed E-state index contributed by atoms with van der Waals surface area (Å²) in [6, 6.07) is 29.3. The molecule has 0 spiro atoms. The molecule has 9 heteroatoms. The predicted molar refractivity (Wildman–Crippen MR) is 159 cm³/mol. The first-order valence-corrected chi connectivity index (χ1v) is 13.2. The summed E-state index contributed by atoms with van der Waals surface area (Å²) in [6.07, 6.45) is 1.75. The summed E-state index contributed by atoms with van der Waals surface area (Å²) in [5.41, 5.74) is 5.51. The van der Waals surface area contributed by atoms with Gasteiger partial charge in [-0.25, -0.2) is 15.0 Å². The van der Waals surface area contributed by atoms with Gasteiger partial charge in [-0.05, 0) is 73.2 Å². The standard InChI is InChI=1S/C31H24ClN7O/c1-19-27-28(20-8-7-9-21(32)18-20)38-25-11-4-3-10-24(25)35-29(34-22-13-15-23(40-2)16-14-22)31(38)36-30(27)39(37-19)26-12-5-6-17-33-26/h3-18,28H,1-2H3,(H,34,35)/t28-/m1/s1. The number of anilines is 2. The van der Waals surface area contributed by atoms with E-state index in [9.17, 15) is 0 Å². The Kier molecular flexibility index (Phi) is 5.82. The molecule has 4 heterocycles. The van der Waals surface area contributed by atoms with Crippen molar-refractivity contribution >= 4 is 46.2 Å². The Balaban J connectivity index is 1.48. The molecule has 8 nitrogen and oxygen atoms in total. The number of aliphatic imine (C=N–C) groups is 2. The molecule has 2 aromatic heterocycles. The number of aromatic nitrogens is 3. The molecule has 0 saturated heterocycles. The van der Waals surface area contributed by atoms with Crippen LogP contribution in [0, 0.1) is 6.92 Å². The maximum Gasteiger partial charge on any atom is 0.179 e. The van der Waals surface area contributed by atoms with Gasteiger partial charge in [-0.3, -0.25) is 0 Å². The zero-order chi connectivity index (χ0) is 27.2. The molecule has 5 aromatic rings. The number of rotatable bonds is 4. The summed E-state index contributed by atoms with van der Waals surface area (Å²) >= 11 is 6.54. The fourth-order valence-electron chi connectivity index (χ4n) is 5.24. The van der Waals surface area contributed by atoms with Crippen LogP contribution in [-0.2, 0) is 0 Å². The number of hydrogen-bond donors (Lipinski definition) is 1. The number of fused-ring (bicyclic) bond motifs is 4. The van der Waals surface area contributed by atoms with Gasteiger partial charge in [-0.1, -0.05) is 41.9 Å². The van der Waals surface area contributed by atoms with Gasteiger partial charge in [0, 0.05) is 22.5 Å². The van der Waals surface area contributed by atoms with E-state index in [0.717, 1.165) is 39.6 Å². The first-order valence-electron chi connectivity index (χ1n) is 12.8. The van der Waals surface area contributed by atoms with Crippen LogP contribution in [0.15, 0.2) is 107 Å². The second-order valence-corrected chi connectivity index (χ2v) is 9.92. The average molecular weight is 546 g/mol. The van der Waals surface area contributed by atoms with Crippen LogP contribution in [0.3, 0.4) is 0 Å². The van der Waals surface area contributed by atoms with Crippen molar-refractivity contribution in [1.82, 2.24) is 14.8 Å². The Morgan fingerprint density at radius 3 is 2.50 bits per heavy atom. The molecule has 196 valence electrons. The fraction of sp³-hybridized carbons (Fsp3) is 0.0968. The van der Waals surface area contributed by atoms with Gasteiger partial charge in [-0.15, -0.1) is 0 Å². The monoisotopic (exact) mass is 545 g/mol. The Morgan fingerprint density at radius 1 is 0.900 bits per heavy atom. The van der Waals surface area contributed by atoms with E-state index in [1.54, 1.807) is 18.0 Å². The minimum absolute atomic E-state index is 0.261. The van der Waals surface area contributed by atoms with Gasteiger partial charge in [0.15, 0.2) is 23.3 Å². The number of benzene rings is 3. The van der Waals surface area contributed by atoms with Crippen molar-refractivity contribution in [2.45, 2.75) is 13.0 Å². The molecule has 0 unspecified atom stereocenters. The first kappa shape index (κ1) is 24.1. The third-order valence-corrected chi connectivity index (χ3v) is 7.26. The molecule has 3 aromatic carbocycles. The van der Waals surface area contributed by atoms with Crippen molar-refractivity contribution in [1.29, 1.82) is 0 Å². The van der Waals surface area contributed by atoms with Crippen molar-refractivity contribution in [2.75, 3.05) is 17.3 Å². The van der Waals surface area contributed by atoms with Crippen molar-refractivity contribution in [3.63, 3.8) is 0 Å². The molecule has 0 saturated carbocycles. The van der Waals surface area contributed by atoms with Crippen molar-refractivity contribution in [3.8, 4) is 11.6 Å². The molecule has 7 rings (SSSR count). The molecule has 0 fully saturated rings. The summed E-state index contributed by atoms with van der Waals surface area (Å²) < 4.78 is 7.15. The second-order valence-electron chi connectivity index (χ2n) is 9.49. The van der Waals surface area contributed by atoms with E-state index in [1.807, 2.05) is 85.8 Å². The lowest BCUT2D eigenvalue weighted by molar-refractivity contribution is 0.415. The molecule has 0 radical (unpaired) electrons. The molecule has 2 aliphatic heterocycles. The number of nitrogens with zero attached hydrogens (tertiary/aromatic N) is 6. The highest BCUT2D eigenvalue weighted by molar-refractivity contribution is 6.51. The van der Waals surface area contributed by atoms with E-state index < -0.39 is 0 Å². The Hall–Kier alpha value is -4.95. The smallest absolute Gasteiger partial charge is 0.179 e.